The molecule has 0 spiro atoms. The van der Waals surface area contributed by atoms with E-state index in [2.05, 4.69) is 23.8 Å². The minimum Gasteiger partial charge on any atom is -0.454 e. The summed E-state index contributed by atoms with van der Waals surface area (Å²) in [5.74, 6) is 3.20. The number of hydrogen-bond acceptors (Lipinski definition) is 3. The molecule has 0 bridgehead atoms. The van der Waals surface area contributed by atoms with E-state index in [1.165, 1.54) is 0 Å². The highest BCUT2D eigenvalue weighted by Crippen LogP contribution is 2.35. The maximum atomic E-state index is 5.33. The molecule has 0 saturated carbocycles. The lowest BCUT2D eigenvalue weighted by atomic mass is 10.1. The van der Waals surface area contributed by atoms with Gasteiger partial charge >= 0.3 is 0 Å². The first-order chi connectivity index (χ1) is 7.72. The van der Waals surface area contributed by atoms with E-state index in [0.717, 1.165) is 34.8 Å². The molecule has 1 aromatic heterocycles. The van der Waals surface area contributed by atoms with E-state index >= 15 is 0 Å². The normalized spacial score (nSPS) is 13.9. The minimum absolute atomic E-state index is 0.306. The predicted molar refractivity (Wildman–Crippen MR) is 60.8 cm³/mol. The Bertz CT molecular complexity index is 490. The lowest BCUT2D eigenvalue weighted by Gasteiger charge is -1.98. The SMILES string of the molecule is CC(C)Cc1nc2cc3c(cc2[nH]1)OCO3. The average Bonchev–Trinajstić information content (AvgIpc) is 2.76. The standard InChI is InChI=1S/C12H14N2O2/c1-7(2)3-12-13-8-4-10-11(16-6-15-10)5-9(8)14-12/h4-5,7H,3,6H2,1-2H3,(H,13,14). The van der Waals surface area contributed by atoms with E-state index in [0.29, 0.717) is 12.7 Å². The lowest BCUT2D eigenvalue weighted by Crippen LogP contribution is -1.95. The van der Waals surface area contributed by atoms with Crippen LogP contribution in [-0.2, 0) is 6.42 Å². The molecule has 0 fully saturated rings. The van der Waals surface area contributed by atoms with Crippen LogP contribution in [0.2, 0.25) is 0 Å². The molecule has 0 radical (unpaired) electrons. The summed E-state index contributed by atoms with van der Waals surface area (Å²) in [7, 11) is 0. The summed E-state index contributed by atoms with van der Waals surface area (Å²) >= 11 is 0. The van der Waals surface area contributed by atoms with Crippen LogP contribution in [0.1, 0.15) is 19.7 Å². The van der Waals surface area contributed by atoms with Crippen molar-refractivity contribution < 1.29 is 9.47 Å². The smallest absolute Gasteiger partial charge is 0.231 e. The van der Waals surface area contributed by atoms with Crippen LogP contribution < -0.4 is 9.47 Å². The molecular formula is C12H14N2O2. The first-order valence-electron chi connectivity index (χ1n) is 5.50. The van der Waals surface area contributed by atoms with Crippen LogP contribution >= 0.6 is 0 Å². The van der Waals surface area contributed by atoms with Gasteiger partial charge < -0.3 is 14.5 Å². The number of benzene rings is 1. The summed E-state index contributed by atoms with van der Waals surface area (Å²) in [6.45, 7) is 4.67. The molecule has 4 heteroatoms. The van der Waals surface area contributed by atoms with Gasteiger partial charge in [-0.15, -0.1) is 0 Å². The largest absolute Gasteiger partial charge is 0.454 e. The third kappa shape index (κ3) is 1.50. The van der Waals surface area contributed by atoms with Crippen LogP contribution in [0.5, 0.6) is 11.5 Å². The van der Waals surface area contributed by atoms with Gasteiger partial charge in [0.05, 0.1) is 11.0 Å². The molecule has 2 heterocycles. The van der Waals surface area contributed by atoms with Gasteiger partial charge in [0.2, 0.25) is 6.79 Å². The summed E-state index contributed by atoms with van der Waals surface area (Å²) in [6, 6.07) is 3.88. The third-order valence-electron chi connectivity index (χ3n) is 2.63. The molecule has 0 aliphatic carbocycles. The summed E-state index contributed by atoms with van der Waals surface area (Å²) < 4.78 is 10.6. The van der Waals surface area contributed by atoms with Crippen LogP contribution in [0, 0.1) is 5.92 Å². The van der Waals surface area contributed by atoms with Crippen molar-refractivity contribution in [3.05, 3.63) is 18.0 Å². The first kappa shape index (κ1) is 9.51. The maximum Gasteiger partial charge on any atom is 0.231 e. The Kier molecular flexibility index (Phi) is 2.02. The van der Waals surface area contributed by atoms with Crippen LogP contribution in [0.25, 0.3) is 11.0 Å². The number of hydrogen-bond donors (Lipinski definition) is 1. The van der Waals surface area contributed by atoms with Gasteiger partial charge in [0.15, 0.2) is 11.5 Å². The zero-order chi connectivity index (χ0) is 11.1. The lowest BCUT2D eigenvalue weighted by molar-refractivity contribution is 0.174. The molecule has 84 valence electrons. The van der Waals surface area contributed by atoms with Crippen molar-refractivity contribution >= 4 is 11.0 Å². The van der Waals surface area contributed by atoms with E-state index < -0.39 is 0 Å². The Morgan fingerprint density at radius 3 is 2.81 bits per heavy atom. The molecule has 3 rings (SSSR count). The van der Waals surface area contributed by atoms with Crippen molar-refractivity contribution in [1.82, 2.24) is 9.97 Å². The van der Waals surface area contributed by atoms with Gasteiger partial charge in [-0.2, -0.15) is 0 Å². The van der Waals surface area contributed by atoms with Gasteiger partial charge in [-0.1, -0.05) is 13.8 Å². The Morgan fingerprint density at radius 1 is 1.31 bits per heavy atom. The van der Waals surface area contributed by atoms with Crippen molar-refractivity contribution in [2.45, 2.75) is 20.3 Å². The van der Waals surface area contributed by atoms with Gasteiger partial charge in [-0.25, -0.2) is 4.98 Å². The fraction of sp³-hybridized carbons (Fsp3) is 0.417. The highest BCUT2D eigenvalue weighted by molar-refractivity contribution is 5.80. The second-order valence-corrected chi connectivity index (χ2v) is 4.50. The second kappa shape index (κ2) is 3.40. The number of fused-ring (bicyclic) bond motifs is 2. The Hall–Kier alpha value is -1.71. The van der Waals surface area contributed by atoms with E-state index in [-0.39, 0.29) is 0 Å². The monoisotopic (exact) mass is 218 g/mol. The van der Waals surface area contributed by atoms with Crippen molar-refractivity contribution in [2.75, 3.05) is 6.79 Å². The molecular weight excluding hydrogens is 204 g/mol. The van der Waals surface area contributed by atoms with E-state index in [1.54, 1.807) is 0 Å². The number of rotatable bonds is 2. The molecule has 0 unspecified atom stereocenters. The third-order valence-corrected chi connectivity index (χ3v) is 2.63. The van der Waals surface area contributed by atoms with Gasteiger partial charge in [0.25, 0.3) is 0 Å². The molecule has 1 aliphatic rings. The predicted octanol–water partition coefficient (Wildman–Crippen LogP) is 2.49. The highest BCUT2D eigenvalue weighted by atomic mass is 16.7. The number of H-pyrrole nitrogens is 1. The van der Waals surface area contributed by atoms with Crippen molar-refractivity contribution in [1.29, 1.82) is 0 Å². The molecule has 1 aromatic carbocycles. The Labute approximate surface area is 93.6 Å². The zero-order valence-corrected chi connectivity index (χ0v) is 9.41. The summed E-state index contributed by atoms with van der Waals surface area (Å²) in [5.41, 5.74) is 1.96. The number of aromatic amines is 1. The van der Waals surface area contributed by atoms with E-state index in [9.17, 15) is 0 Å². The fourth-order valence-corrected chi connectivity index (χ4v) is 1.94. The number of imidazole rings is 1. The summed E-state index contributed by atoms with van der Waals surface area (Å²) in [5, 5.41) is 0. The molecule has 0 saturated heterocycles. The number of ether oxygens (including phenoxy) is 2. The maximum absolute atomic E-state index is 5.33. The minimum atomic E-state index is 0.306. The quantitative estimate of drug-likeness (QED) is 0.842. The van der Waals surface area contributed by atoms with Crippen LogP contribution in [-0.4, -0.2) is 16.8 Å². The number of aromatic nitrogens is 2. The van der Waals surface area contributed by atoms with E-state index in [4.69, 9.17) is 9.47 Å². The summed E-state index contributed by atoms with van der Waals surface area (Å²) in [4.78, 5) is 7.85. The molecule has 1 aliphatic heterocycles. The Balaban J connectivity index is 2.05. The zero-order valence-electron chi connectivity index (χ0n) is 9.41. The molecule has 4 nitrogen and oxygen atoms in total. The number of nitrogens with zero attached hydrogens (tertiary/aromatic N) is 1. The molecule has 0 atom stereocenters. The average molecular weight is 218 g/mol. The van der Waals surface area contributed by atoms with Crippen molar-refractivity contribution in [2.24, 2.45) is 5.92 Å². The van der Waals surface area contributed by atoms with E-state index in [1.807, 2.05) is 12.1 Å². The van der Waals surface area contributed by atoms with Crippen LogP contribution in [0.15, 0.2) is 12.1 Å². The van der Waals surface area contributed by atoms with Gasteiger partial charge in [-0.05, 0) is 5.92 Å². The first-order valence-corrected chi connectivity index (χ1v) is 5.50. The van der Waals surface area contributed by atoms with Gasteiger partial charge in [0, 0.05) is 18.6 Å². The second-order valence-electron chi connectivity index (χ2n) is 4.50. The Morgan fingerprint density at radius 2 is 2.06 bits per heavy atom. The molecule has 16 heavy (non-hydrogen) atoms. The van der Waals surface area contributed by atoms with Crippen molar-refractivity contribution in [3.63, 3.8) is 0 Å². The topological polar surface area (TPSA) is 47.1 Å². The van der Waals surface area contributed by atoms with Crippen molar-refractivity contribution in [3.8, 4) is 11.5 Å². The fourth-order valence-electron chi connectivity index (χ4n) is 1.94. The summed E-state index contributed by atoms with van der Waals surface area (Å²) in [6.07, 6.45) is 0.959. The molecule has 1 N–H and O–H groups in total. The van der Waals surface area contributed by atoms with Gasteiger partial charge in [-0.3, -0.25) is 0 Å². The van der Waals surface area contributed by atoms with Gasteiger partial charge in [0.1, 0.15) is 5.82 Å². The highest BCUT2D eigenvalue weighted by Gasteiger charge is 2.16. The van der Waals surface area contributed by atoms with Crippen LogP contribution in [0.3, 0.4) is 0 Å². The van der Waals surface area contributed by atoms with Crippen LogP contribution in [0.4, 0.5) is 0 Å². The molecule has 0 amide bonds. The number of nitrogens with one attached hydrogen (secondary N) is 1. The molecule has 2 aromatic rings.